The predicted molar refractivity (Wildman–Crippen MR) is 76.5 cm³/mol. The fourth-order valence-electron chi connectivity index (χ4n) is 2.84. The minimum Gasteiger partial charge on any atom is -0.385 e. The summed E-state index contributed by atoms with van der Waals surface area (Å²) in [6, 6.07) is 6.53. The molecule has 0 spiro atoms. The molecule has 2 heteroatoms. The van der Waals surface area contributed by atoms with Crippen LogP contribution in [0.3, 0.4) is 0 Å². The van der Waals surface area contributed by atoms with E-state index in [1.807, 2.05) is 13.0 Å². The number of hydrogen-bond donors (Lipinski definition) is 1. The largest absolute Gasteiger partial charge is 0.385 e. The third kappa shape index (κ3) is 4.17. The maximum absolute atomic E-state index is 13.2. The lowest BCUT2D eigenvalue weighted by molar-refractivity contribution is 0.0939. The highest BCUT2D eigenvalue weighted by molar-refractivity contribution is 5.24. The summed E-state index contributed by atoms with van der Waals surface area (Å²) in [5.74, 6) is -0.236. The van der Waals surface area contributed by atoms with Gasteiger partial charge in [-0.05, 0) is 55.9 Å². The van der Waals surface area contributed by atoms with Crippen molar-refractivity contribution >= 4 is 0 Å². The Morgan fingerprint density at radius 2 is 2.00 bits per heavy atom. The van der Waals surface area contributed by atoms with E-state index in [2.05, 4.69) is 6.08 Å². The number of benzene rings is 1. The maximum atomic E-state index is 13.2. The molecule has 0 fully saturated rings. The molecule has 1 aromatic carbocycles. The van der Waals surface area contributed by atoms with E-state index in [1.165, 1.54) is 31.4 Å². The van der Waals surface area contributed by atoms with Gasteiger partial charge in [0.05, 0.1) is 5.60 Å². The smallest absolute Gasteiger partial charge is 0.123 e. The molecule has 1 nitrogen and oxygen atoms in total. The average molecular weight is 262 g/mol. The molecule has 0 radical (unpaired) electrons. The maximum Gasteiger partial charge on any atom is 0.123 e. The summed E-state index contributed by atoms with van der Waals surface area (Å²) in [6.07, 6.45) is 9.57. The zero-order valence-electron chi connectivity index (χ0n) is 11.7. The molecule has 0 aromatic heterocycles. The first-order chi connectivity index (χ1) is 9.08. The monoisotopic (exact) mass is 262 g/mol. The number of aliphatic hydroxyl groups is 1. The van der Waals surface area contributed by atoms with Crippen LogP contribution in [0.5, 0.6) is 0 Å². The van der Waals surface area contributed by atoms with E-state index >= 15 is 0 Å². The predicted octanol–water partition coefficient (Wildman–Crippen LogP) is 4.40. The summed E-state index contributed by atoms with van der Waals surface area (Å²) >= 11 is 0. The second kappa shape index (κ2) is 6.33. The van der Waals surface area contributed by atoms with Crippen LogP contribution in [0.1, 0.15) is 51.0 Å². The lowest BCUT2D eigenvalue weighted by Crippen LogP contribution is -2.30. The van der Waals surface area contributed by atoms with Crippen molar-refractivity contribution in [3.05, 3.63) is 47.3 Å². The quantitative estimate of drug-likeness (QED) is 0.800. The molecule has 0 saturated heterocycles. The number of hydrogen-bond acceptors (Lipinski definition) is 1. The Bertz CT molecular complexity index is 448. The summed E-state index contributed by atoms with van der Waals surface area (Å²) < 4.78 is 13.2. The van der Waals surface area contributed by atoms with Crippen LogP contribution in [0.15, 0.2) is 35.9 Å². The molecule has 1 unspecified atom stereocenters. The first-order valence-electron chi connectivity index (χ1n) is 7.24. The highest BCUT2D eigenvalue weighted by Crippen LogP contribution is 2.29. The number of allylic oxidation sites excluding steroid dienone is 1. The van der Waals surface area contributed by atoms with Gasteiger partial charge in [0.2, 0.25) is 0 Å². The average Bonchev–Trinajstić information content (AvgIpc) is 2.26. The molecule has 1 atom stereocenters. The molecule has 0 saturated carbocycles. The van der Waals surface area contributed by atoms with Crippen LogP contribution < -0.4 is 0 Å². The summed E-state index contributed by atoms with van der Waals surface area (Å²) in [6.45, 7) is 1.85. The molecule has 2 rings (SSSR count). The Hall–Kier alpha value is -1.15. The first kappa shape index (κ1) is 14.3. The van der Waals surface area contributed by atoms with E-state index < -0.39 is 5.60 Å². The Labute approximate surface area is 115 Å². The molecule has 0 bridgehead atoms. The van der Waals surface area contributed by atoms with Crippen LogP contribution in [0.4, 0.5) is 4.39 Å². The summed E-state index contributed by atoms with van der Waals surface area (Å²) in [5.41, 5.74) is 1.12. The first-order valence-corrected chi connectivity index (χ1v) is 7.24. The lowest BCUT2D eigenvalue weighted by atomic mass is 9.84. The zero-order valence-corrected chi connectivity index (χ0v) is 11.7. The molecule has 0 heterocycles. The van der Waals surface area contributed by atoms with Crippen molar-refractivity contribution in [2.24, 2.45) is 0 Å². The highest BCUT2D eigenvalue weighted by Gasteiger charge is 2.26. The van der Waals surface area contributed by atoms with Gasteiger partial charge in [-0.1, -0.05) is 31.1 Å². The second-order valence-corrected chi connectivity index (χ2v) is 5.76. The van der Waals surface area contributed by atoms with Crippen LogP contribution in [-0.2, 0) is 6.42 Å². The summed E-state index contributed by atoms with van der Waals surface area (Å²) in [4.78, 5) is 0. The van der Waals surface area contributed by atoms with Gasteiger partial charge in [-0.25, -0.2) is 4.39 Å². The number of rotatable bonds is 3. The van der Waals surface area contributed by atoms with Gasteiger partial charge in [0.25, 0.3) is 0 Å². The van der Waals surface area contributed by atoms with Gasteiger partial charge < -0.3 is 5.11 Å². The van der Waals surface area contributed by atoms with E-state index in [1.54, 1.807) is 6.07 Å². The van der Waals surface area contributed by atoms with Gasteiger partial charge >= 0.3 is 0 Å². The standard InChI is InChI=1S/C17H23FO/c1-17(19,13-14-8-7-11-16(18)12-14)15-9-5-3-2-4-6-10-15/h7-9,11-12,19H,2-6,10,13H2,1H3/b15-9+. The molecular formula is C17H23FO. The Kier molecular flexibility index (Phi) is 4.76. The van der Waals surface area contributed by atoms with Crippen LogP contribution in [0.25, 0.3) is 0 Å². The molecule has 0 aliphatic heterocycles. The van der Waals surface area contributed by atoms with Gasteiger partial charge in [-0.15, -0.1) is 0 Å². The molecule has 0 amide bonds. The Morgan fingerprint density at radius 1 is 1.21 bits per heavy atom. The van der Waals surface area contributed by atoms with Crippen LogP contribution in [-0.4, -0.2) is 10.7 Å². The van der Waals surface area contributed by atoms with Crippen LogP contribution in [0.2, 0.25) is 0 Å². The van der Waals surface area contributed by atoms with Gasteiger partial charge in [-0.3, -0.25) is 0 Å². The normalized spacial score (nSPS) is 22.8. The van der Waals surface area contributed by atoms with E-state index in [0.717, 1.165) is 30.4 Å². The lowest BCUT2D eigenvalue weighted by Gasteiger charge is -2.28. The molecule has 19 heavy (non-hydrogen) atoms. The van der Waals surface area contributed by atoms with Gasteiger partial charge in [0.1, 0.15) is 5.82 Å². The fraction of sp³-hybridized carbons (Fsp3) is 0.529. The topological polar surface area (TPSA) is 20.2 Å². The van der Waals surface area contributed by atoms with Crippen molar-refractivity contribution in [2.75, 3.05) is 0 Å². The molecule has 1 N–H and O–H groups in total. The van der Waals surface area contributed by atoms with Crippen molar-refractivity contribution < 1.29 is 9.50 Å². The van der Waals surface area contributed by atoms with E-state index in [9.17, 15) is 9.50 Å². The third-order valence-electron chi connectivity index (χ3n) is 3.92. The van der Waals surface area contributed by atoms with Crippen molar-refractivity contribution in [1.82, 2.24) is 0 Å². The van der Waals surface area contributed by atoms with Crippen molar-refractivity contribution in [3.8, 4) is 0 Å². The number of halogens is 1. The second-order valence-electron chi connectivity index (χ2n) is 5.76. The fourth-order valence-corrected chi connectivity index (χ4v) is 2.84. The highest BCUT2D eigenvalue weighted by atomic mass is 19.1. The third-order valence-corrected chi connectivity index (χ3v) is 3.92. The molecule has 104 valence electrons. The molecule has 1 aliphatic rings. The summed E-state index contributed by atoms with van der Waals surface area (Å²) in [7, 11) is 0. The van der Waals surface area contributed by atoms with Gasteiger partial charge in [0.15, 0.2) is 0 Å². The Morgan fingerprint density at radius 3 is 2.79 bits per heavy atom. The minimum absolute atomic E-state index is 0.236. The van der Waals surface area contributed by atoms with E-state index in [0.29, 0.717) is 6.42 Å². The van der Waals surface area contributed by atoms with Gasteiger partial charge in [0, 0.05) is 6.42 Å². The van der Waals surface area contributed by atoms with Gasteiger partial charge in [-0.2, -0.15) is 0 Å². The minimum atomic E-state index is -0.856. The van der Waals surface area contributed by atoms with E-state index in [4.69, 9.17) is 0 Å². The van der Waals surface area contributed by atoms with E-state index in [-0.39, 0.29) is 5.82 Å². The molecule has 1 aliphatic carbocycles. The van der Waals surface area contributed by atoms with Crippen LogP contribution in [0, 0.1) is 5.82 Å². The van der Waals surface area contributed by atoms with Crippen molar-refractivity contribution in [2.45, 2.75) is 57.5 Å². The molecular weight excluding hydrogens is 239 g/mol. The van der Waals surface area contributed by atoms with Crippen LogP contribution >= 0.6 is 0 Å². The molecule has 1 aromatic rings. The van der Waals surface area contributed by atoms with Crippen molar-refractivity contribution in [3.63, 3.8) is 0 Å². The summed E-state index contributed by atoms with van der Waals surface area (Å²) in [5, 5.41) is 10.7. The van der Waals surface area contributed by atoms with Crippen molar-refractivity contribution in [1.29, 1.82) is 0 Å². The zero-order chi connectivity index (χ0) is 13.7. The SMILES string of the molecule is CC(O)(Cc1cccc(F)c1)/C1=C/CCCCCC1. The Balaban J connectivity index is 2.11.